The third kappa shape index (κ3) is 4.21. The second-order valence-electron chi connectivity index (χ2n) is 6.00. The lowest BCUT2D eigenvalue weighted by atomic mass is 10.1. The van der Waals surface area contributed by atoms with Crippen molar-refractivity contribution < 1.29 is 14.6 Å². The molecule has 3 aromatic rings. The zero-order chi connectivity index (χ0) is 18.0. The number of anilines is 2. The van der Waals surface area contributed by atoms with E-state index in [1.165, 1.54) is 6.20 Å². The van der Waals surface area contributed by atoms with Crippen LogP contribution >= 0.6 is 12.4 Å². The Hall–Kier alpha value is -2.86. The lowest BCUT2D eigenvalue weighted by Gasteiger charge is -2.15. The number of aryl methyl sites for hydroxylation is 1. The highest BCUT2D eigenvalue weighted by molar-refractivity contribution is 6.05. The molecule has 7 heteroatoms. The van der Waals surface area contributed by atoms with Crippen LogP contribution < -0.4 is 5.32 Å². The maximum absolute atomic E-state index is 12.5. The van der Waals surface area contributed by atoms with Crippen LogP contribution in [0.1, 0.15) is 29.9 Å². The number of hydrogen-bond donors (Lipinski definition) is 2. The largest absolute Gasteiger partial charge is 0.508 e. The van der Waals surface area contributed by atoms with Crippen LogP contribution in [0.25, 0.3) is 11.0 Å². The molecule has 0 amide bonds. The van der Waals surface area contributed by atoms with E-state index in [0.717, 1.165) is 16.8 Å². The van der Waals surface area contributed by atoms with Crippen molar-refractivity contribution in [3.8, 4) is 5.75 Å². The molecule has 0 saturated carbocycles. The van der Waals surface area contributed by atoms with Crippen LogP contribution in [0.3, 0.4) is 0 Å². The second kappa shape index (κ2) is 8.01. The van der Waals surface area contributed by atoms with Gasteiger partial charge in [-0.05, 0) is 57.2 Å². The summed E-state index contributed by atoms with van der Waals surface area (Å²) in [6, 6.07) is 10.3. The van der Waals surface area contributed by atoms with Gasteiger partial charge in [0.05, 0.1) is 11.8 Å². The molecule has 0 unspecified atom stereocenters. The Balaban J connectivity index is 0.00000243. The van der Waals surface area contributed by atoms with Gasteiger partial charge in [-0.25, -0.2) is 14.8 Å². The summed E-state index contributed by atoms with van der Waals surface area (Å²) in [6.07, 6.45) is 1.24. The predicted molar refractivity (Wildman–Crippen MR) is 103 cm³/mol. The van der Waals surface area contributed by atoms with Gasteiger partial charge in [-0.15, -0.1) is 12.4 Å². The van der Waals surface area contributed by atoms with Gasteiger partial charge in [0.2, 0.25) is 0 Å². The van der Waals surface area contributed by atoms with Crippen molar-refractivity contribution in [3.63, 3.8) is 0 Å². The van der Waals surface area contributed by atoms with Gasteiger partial charge in [-0.3, -0.25) is 0 Å². The van der Waals surface area contributed by atoms with Gasteiger partial charge in [0, 0.05) is 23.0 Å². The maximum Gasteiger partial charge on any atom is 0.342 e. The Morgan fingerprint density at radius 3 is 2.50 bits per heavy atom. The van der Waals surface area contributed by atoms with Gasteiger partial charge in [0.25, 0.3) is 0 Å². The van der Waals surface area contributed by atoms with Crippen LogP contribution in [-0.2, 0) is 4.74 Å². The van der Waals surface area contributed by atoms with Crippen molar-refractivity contribution in [2.45, 2.75) is 26.9 Å². The quantitative estimate of drug-likeness (QED) is 0.521. The van der Waals surface area contributed by atoms with E-state index in [4.69, 9.17) is 4.74 Å². The molecule has 6 nitrogen and oxygen atoms in total. The number of pyridine rings is 2. The summed E-state index contributed by atoms with van der Waals surface area (Å²) < 4.78 is 5.33. The average molecular weight is 374 g/mol. The number of carbonyl (C=O) groups is 1. The molecule has 0 bridgehead atoms. The summed E-state index contributed by atoms with van der Waals surface area (Å²) in [4.78, 5) is 21.2. The van der Waals surface area contributed by atoms with Gasteiger partial charge < -0.3 is 15.2 Å². The van der Waals surface area contributed by atoms with E-state index < -0.39 is 5.97 Å². The number of benzene rings is 1. The number of ether oxygens (including phenoxy) is 1. The molecule has 0 spiro atoms. The molecule has 0 radical (unpaired) electrons. The number of halogens is 1. The average Bonchev–Trinajstić information content (AvgIpc) is 2.56. The fourth-order valence-corrected chi connectivity index (χ4v) is 2.43. The summed E-state index contributed by atoms with van der Waals surface area (Å²) in [6.45, 7) is 5.48. The van der Waals surface area contributed by atoms with Crippen molar-refractivity contribution in [2.75, 3.05) is 5.32 Å². The number of rotatable bonds is 4. The van der Waals surface area contributed by atoms with Crippen molar-refractivity contribution in [1.82, 2.24) is 9.97 Å². The third-order valence-electron chi connectivity index (χ3n) is 3.57. The molecule has 2 heterocycles. The van der Waals surface area contributed by atoms with E-state index in [2.05, 4.69) is 15.3 Å². The van der Waals surface area contributed by atoms with Crippen LogP contribution in [-0.4, -0.2) is 27.1 Å². The van der Waals surface area contributed by atoms with Gasteiger partial charge in [-0.1, -0.05) is 0 Å². The van der Waals surface area contributed by atoms with Crippen molar-refractivity contribution in [3.05, 3.63) is 53.9 Å². The molecule has 0 aliphatic heterocycles. The number of aromatic hydroxyl groups is 1. The number of nitrogens with one attached hydrogen (secondary N) is 1. The maximum atomic E-state index is 12.5. The predicted octanol–water partition coefficient (Wildman–Crippen LogP) is 4.37. The molecule has 1 aromatic carbocycles. The molecule has 0 atom stereocenters. The van der Waals surface area contributed by atoms with E-state index in [1.54, 1.807) is 38.1 Å². The van der Waals surface area contributed by atoms with Gasteiger partial charge in [0.1, 0.15) is 11.3 Å². The van der Waals surface area contributed by atoms with E-state index in [-0.39, 0.29) is 24.3 Å². The minimum atomic E-state index is -0.453. The molecule has 2 aromatic heterocycles. The van der Waals surface area contributed by atoms with Crippen LogP contribution in [0.4, 0.5) is 11.4 Å². The smallest absolute Gasteiger partial charge is 0.342 e. The first-order valence-electron chi connectivity index (χ1n) is 7.97. The molecular weight excluding hydrogens is 354 g/mol. The summed E-state index contributed by atoms with van der Waals surface area (Å²) in [5, 5.41) is 13.4. The molecule has 2 N–H and O–H groups in total. The van der Waals surface area contributed by atoms with Crippen molar-refractivity contribution >= 4 is 40.8 Å². The van der Waals surface area contributed by atoms with Crippen LogP contribution in [0, 0.1) is 6.92 Å². The topological polar surface area (TPSA) is 84.3 Å². The Bertz CT molecular complexity index is 927. The molecule has 3 rings (SSSR count). The molecule has 0 fully saturated rings. The highest BCUT2D eigenvalue weighted by atomic mass is 35.5. The molecular formula is C19H20ClN3O3. The van der Waals surface area contributed by atoms with E-state index in [9.17, 15) is 9.90 Å². The summed E-state index contributed by atoms with van der Waals surface area (Å²) in [5.74, 6) is -0.284. The van der Waals surface area contributed by atoms with Crippen LogP contribution in [0.15, 0.2) is 42.6 Å². The minimum Gasteiger partial charge on any atom is -0.508 e. The number of carbonyl (C=O) groups excluding carboxylic acids is 1. The van der Waals surface area contributed by atoms with Crippen molar-refractivity contribution in [1.29, 1.82) is 0 Å². The molecule has 26 heavy (non-hydrogen) atoms. The minimum absolute atomic E-state index is 0. The zero-order valence-corrected chi connectivity index (χ0v) is 15.5. The number of phenols is 1. The number of nitrogens with zero attached hydrogens (tertiary/aromatic N) is 2. The Morgan fingerprint density at radius 1 is 1.15 bits per heavy atom. The highest BCUT2D eigenvalue weighted by Crippen LogP contribution is 2.30. The first-order valence-corrected chi connectivity index (χ1v) is 7.97. The van der Waals surface area contributed by atoms with E-state index in [1.807, 2.05) is 19.1 Å². The lowest BCUT2D eigenvalue weighted by molar-refractivity contribution is 0.0379. The third-order valence-corrected chi connectivity index (χ3v) is 3.57. The second-order valence-corrected chi connectivity index (χ2v) is 6.00. The van der Waals surface area contributed by atoms with Gasteiger partial charge in [0.15, 0.2) is 5.65 Å². The summed E-state index contributed by atoms with van der Waals surface area (Å²) in [5.41, 5.74) is 3.02. The fraction of sp³-hybridized carbons (Fsp3) is 0.211. The lowest BCUT2D eigenvalue weighted by Crippen LogP contribution is -2.14. The number of aromatic nitrogens is 2. The molecule has 0 aliphatic carbocycles. The summed E-state index contributed by atoms with van der Waals surface area (Å²) >= 11 is 0. The highest BCUT2D eigenvalue weighted by Gasteiger charge is 2.19. The molecule has 0 aliphatic rings. The van der Waals surface area contributed by atoms with E-state index in [0.29, 0.717) is 16.9 Å². The van der Waals surface area contributed by atoms with Gasteiger partial charge >= 0.3 is 5.97 Å². The molecule has 136 valence electrons. The van der Waals surface area contributed by atoms with Gasteiger partial charge in [-0.2, -0.15) is 0 Å². The van der Waals surface area contributed by atoms with Crippen molar-refractivity contribution in [2.24, 2.45) is 0 Å². The first-order chi connectivity index (χ1) is 11.9. The number of phenolic OH excluding ortho intramolecular Hbond substituents is 1. The number of fused-ring (bicyclic) bond motifs is 1. The van der Waals surface area contributed by atoms with Crippen LogP contribution in [0.2, 0.25) is 0 Å². The monoisotopic (exact) mass is 373 g/mol. The number of hydrogen-bond acceptors (Lipinski definition) is 6. The SMILES string of the molecule is Cc1ccc2c(Nc3ccc(O)cc3)c(C(=O)OC(C)C)cnc2n1.Cl. The standard InChI is InChI=1S/C19H19N3O3.ClH/c1-11(2)25-19(24)16-10-20-18-15(9-4-12(3)21-18)17(16)22-13-5-7-14(23)8-6-13;/h4-11,23H,1-3H3,(H,20,21,22);1H. The fourth-order valence-electron chi connectivity index (χ4n) is 2.43. The zero-order valence-electron chi connectivity index (χ0n) is 14.7. The number of esters is 1. The Labute approximate surface area is 157 Å². The van der Waals surface area contributed by atoms with E-state index >= 15 is 0 Å². The summed E-state index contributed by atoms with van der Waals surface area (Å²) in [7, 11) is 0. The normalized spacial score (nSPS) is 10.5. The first kappa shape index (κ1) is 19.5. The molecule has 0 saturated heterocycles. The Kier molecular flexibility index (Phi) is 6.00. The Morgan fingerprint density at radius 2 is 1.85 bits per heavy atom. The van der Waals surface area contributed by atoms with Crippen LogP contribution in [0.5, 0.6) is 5.75 Å².